The van der Waals surface area contributed by atoms with Crippen LogP contribution in [0.4, 0.5) is 10.5 Å². The lowest BCUT2D eigenvalue weighted by Crippen LogP contribution is -2.32. The number of furan rings is 1. The van der Waals surface area contributed by atoms with Gasteiger partial charge in [-0.1, -0.05) is 11.6 Å². The van der Waals surface area contributed by atoms with E-state index < -0.39 is 6.03 Å². The number of carbonyl (C=O) groups is 1. The summed E-state index contributed by atoms with van der Waals surface area (Å²) < 4.78 is 15.7. The maximum absolute atomic E-state index is 12.0. The number of urea groups is 1. The molecule has 2 rings (SSSR count). The van der Waals surface area contributed by atoms with Crippen molar-refractivity contribution in [3.63, 3.8) is 0 Å². The predicted molar refractivity (Wildman–Crippen MR) is 83.5 cm³/mol. The fourth-order valence-corrected chi connectivity index (χ4v) is 2.08. The van der Waals surface area contributed by atoms with Crippen LogP contribution in [0, 0.1) is 0 Å². The molecule has 0 bridgehead atoms. The summed E-state index contributed by atoms with van der Waals surface area (Å²) in [5.41, 5.74) is 0.486. The Hall–Kier alpha value is -2.18. The Balaban J connectivity index is 1.94. The maximum Gasteiger partial charge on any atom is 0.319 e. The van der Waals surface area contributed by atoms with E-state index in [0.29, 0.717) is 22.2 Å². The zero-order valence-electron chi connectivity index (χ0n) is 12.3. The lowest BCUT2D eigenvalue weighted by molar-refractivity contribution is 0.0855. The Kier molecular flexibility index (Phi) is 5.68. The van der Waals surface area contributed by atoms with E-state index in [0.717, 1.165) is 0 Å². The molecule has 118 valence electrons. The molecule has 1 atom stereocenters. The molecule has 0 saturated heterocycles. The average Bonchev–Trinajstić information content (AvgIpc) is 3.02. The smallest absolute Gasteiger partial charge is 0.319 e. The number of benzene rings is 1. The molecule has 0 radical (unpaired) electrons. The highest BCUT2D eigenvalue weighted by atomic mass is 35.5. The minimum atomic E-state index is -0.394. The van der Waals surface area contributed by atoms with Crippen LogP contribution in [0.25, 0.3) is 0 Å². The van der Waals surface area contributed by atoms with Crippen LogP contribution in [0.2, 0.25) is 5.02 Å². The van der Waals surface area contributed by atoms with Crippen molar-refractivity contribution in [2.45, 2.75) is 6.10 Å². The number of methoxy groups -OCH3 is 2. The molecule has 6 nitrogen and oxygen atoms in total. The van der Waals surface area contributed by atoms with Gasteiger partial charge in [0.05, 0.1) is 25.6 Å². The molecule has 0 aliphatic heterocycles. The van der Waals surface area contributed by atoms with Gasteiger partial charge in [-0.15, -0.1) is 0 Å². The van der Waals surface area contributed by atoms with Gasteiger partial charge in [0.15, 0.2) is 0 Å². The Morgan fingerprint density at radius 1 is 1.36 bits per heavy atom. The zero-order chi connectivity index (χ0) is 15.9. The third-order valence-electron chi connectivity index (χ3n) is 3.00. The summed E-state index contributed by atoms with van der Waals surface area (Å²) in [5.74, 6) is 1.16. The van der Waals surface area contributed by atoms with Gasteiger partial charge in [0.2, 0.25) is 0 Å². The Morgan fingerprint density at radius 2 is 2.18 bits per heavy atom. The van der Waals surface area contributed by atoms with Gasteiger partial charge in [0.25, 0.3) is 0 Å². The Labute approximate surface area is 133 Å². The first-order valence-corrected chi connectivity index (χ1v) is 6.96. The highest BCUT2D eigenvalue weighted by molar-refractivity contribution is 6.31. The van der Waals surface area contributed by atoms with Gasteiger partial charge in [0.1, 0.15) is 17.6 Å². The summed E-state index contributed by atoms with van der Waals surface area (Å²) in [6, 6.07) is 8.13. The van der Waals surface area contributed by atoms with E-state index in [4.69, 9.17) is 25.5 Å². The largest absolute Gasteiger partial charge is 0.495 e. The van der Waals surface area contributed by atoms with E-state index in [1.54, 1.807) is 43.7 Å². The fraction of sp³-hybridized carbons (Fsp3) is 0.267. The van der Waals surface area contributed by atoms with Crippen LogP contribution >= 0.6 is 11.6 Å². The molecule has 7 heteroatoms. The van der Waals surface area contributed by atoms with Crippen molar-refractivity contribution in [2.75, 3.05) is 26.1 Å². The van der Waals surface area contributed by atoms with Gasteiger partial charge in [0, 0.05) is 12.1 Å². The molecule has 2 amide bonds. The van der Waals surface area contributed by atoms with Crippen molar-refractivity contribution in [1.82, 2.24) is 5.32 Å². The normalized spacial score (nSPS) is 11.8. The molecule has 22 heavy (non-hydrogen) atoms. The molecule has 2 aromatic rings. The second-order valence-electron chi connectivity index (χ2n) is 4.42. The summed E-state index contributed by atoms with van der Waals surface area (Å²) in [5, 5.41) is 5.89. The number of halogens is 1. The molecule has 0 fully saturated rings. The maximum atomic E-state index is 12.0. The second kappa shape index (κ2) is 7.72. The van der Waals surface area contributed by atoms with Crippen LogP contribution in [0.1, 0.15) is 11.9 Å². The first-order valence-electron chi connectivity index (χ1n) is 6.58. The molecule has 2 N–H and O–H groups in total. The summed E-state index contributed by atoms with van der Waals surface area (Å²) in [4.78, 5) is 12.0. The standard InChI is InChI=1S/C15H17ClN2O4/c1-20-12-6-5-10(16)8-11(12)18-15(19)17-9-14(21-2)13-4-3-7-22-13/h3-8,14H,9H2,1-2H3,(H2,17,18,19)/t14-/m0/s1. The number of ether oxygens (including phenoxy) is 2. The van der Waals surface area contributed by atoms with E-state index in [9.17, 15) is 4.79 Å². The average molecular weight is 325 g/mol. The highest BCUT2D eigenvalue weighted by Crippen LogP contribution is 2.27. The van der Waals surface area contributed by atoms with Gasteiger partial charge in [-0.05, 0) is 30.3 Å². The summed E-state index contributed by atoms with van der Waals surface area (Å²) >= 11 is 5.92. The number of anilines is 1. The number of hydrogen-bond acceptors (Lipinski definition) is 4. The van der Waals surface area contributed by atoms with Crippen LogP contribution in [0.5, 0.6) is 5.75 Å². The van der Waals surface area contributed by atoms with E-state index in [2.05, 4.69) is 10.6 Å². The first kappa shape index (κ1) is 16.2. The second-order valence-corrected chi connectivity index (χ2v) is 4.86. The molecule has 1 heterocycles. The third-order valence-corrected chi connectivity index (χ3v) is 3.24. The van der Waals surface area contributed by atoms with Gasteiger partial charge in [-0.25, -0.2) is 4.79 Å². The van der Waals surface area contributed by atoms with Crippen molar-refractivity contribution in [3.8, 4) is 5.75 Å². The van der Waals surface area contributed by atoms with E-state index >= 15 is 0 Å². The van der Waals surface area contributed by atoms with Gasteiger partial charge >= 0.3 is 6.03 Å². The van der Waals surface area contributed by atoms with Gasteiger partial charge in [-0.2, -0.15) is 0 Å². The number of carbonyl (C=O) groups excluding carboxylic acids is 1. The predicted octanol–water partition coefficient (Wildman–Crippen LogP) is 3.45. The minimum Gasteiger partial charge on any atom is -0.495 e. The third kappa shape index (κ3) is 4.16. The van der Waals surface area contributed by atoms with Crippen LogP contribution in [0.15, 0.2) is 41.0 Å². The van der Waals surface area contributed by atoms with E-state index in [1.807, 2.05) is 0 Å². The van der Waals surface area contributed by atoms with Crippen molar-refractivity contribution in [3.05, 3.63) is 47.4 Å². The first-order chi connectivity index (χ1) is 10.6. The molecule has 1 aromatic heterocycles. The van der Waals surface area contributed by atoms with Crippen LogP contribution < -0.4 is 15.4 Å². The number of rotatable bonds is 6. The number of nitrogens with one attached hydrogen (secondary N) is 2. The molecule has 0 aliphatic rings. The van der Waals surface area contributed by atoms with E-state index in [-0.39, 0.29) is 12.6 Å². The van der Waals surface area contributed by atoms with Crippen molar-refractivity contribution >= 4 is 23.3 Å². The summed E-state index contributed by atoms with van der Waals surface area (Å²) in [6.45, 7) is 0.263. The van der Waals surface area contributed by atoms with E-state index in [1.165, 1.54) is 7.11 Å². The van der Waals surface area contributed by atoms with Gasteiger partial charge < -0.3 is 24.5 Å². The molecule has 0 aliphatic carbocycles. The topological polar surface area (TPSA) is 72.7 Å². The van der Waals surface area contributed by atoms with Crippen molar-refractivity contribution in [1.29, 1.82) is 0 Å². The lowest BCUT2D eigenvalue weighted by Gasteiger charge is -2.15. The molecular weight excluding hydrogens is 308 g/mol. The van der Waals surface area contributed by atoms with Crippen LogP contribution in [-0.4, -0.2) is 26.8 Å². The lowest BCUT2D eigenvalue weighted by atomic mass is 10.2. The number of hydrogen-bond donors (Lipinski definition) is 2. The molecular formula is C15H17ClN2O4. The molecule has 0 unspecified atom stereocenters. The number of amides is 2. The zero-order valence-corrected chi connectivity index (χ0v) is 13.0. The van der Waals surface area contributed by atoms with Crippen LogP contribution in [0.3, 0.4) is 0 Å². The van der Waals surface area contributed by atoms with Crippen LogP contribution in [-0.2, 0) is 4.74 Å². The minimum absolute atomic E-state index is 0.263. The molecule has 1 aromatic carbocycles. The highest BCUT2D eigenvalue weighted by Gasteiger charge is 2.15. The monoisotopic (exact) mass is 324 g/mol. The Morgan fingerprint density at radius 3 is 2.82 bits per heavy atom. The summed E-state index contributed by atoms with van der Waals surface area (Å²) in [7, 11) is 3.07. The van der Waals surface area contributed by atoms with Crippen molar-refractivity contribution in [2.24, 2.45) is 0 Å². The SMILES string of the molecule is COc1ccc(Cl)cc1NC(=O)NC[C@H](OC)c1ccco1. The van der Waals surface area contributed by atoms with Gasteiger partial charge in [-0.3, -0.25) is 0 Å². The summed E-state index contributed by atoms with van der Waals surface area (Å²) in [6.07, 6.45) is 1.19. The van der Waals surface area contributed by atoms with Crippen molar-refractivity contribution < 1.29 is 18.7 Å². The fourth-order valence-electron chi connectivity index (χ4n) is 1.90. The molecule has 0 spiro atoms. The quantitative estimate of drug-likeness (QED) is 0.853. The Bertz CT molecular complexity index is 616. The molecule has 0 saturated carbocycles.